The zero-order chi connectivity index (χ0) is 20.8. The van der Waals surface area contributed by atoms with E-state index in [0.29, 0.717) is 11.3 Å². The molecule has 8 nitrogen and oxygen atoms in total. The molecule has 0 fully saturated rings. The Labute approximate surface area is 165 Å². The standard InChI is InChI=1S/C19H27N2O6P/c1-6-26-28(23,27-7-2)19(3,21-15-9-8-10-20-13-15)14-11-16(24-4)18(22)17(12-14)25-5/h8-13,21-22H,6-7H2,1-5H3. The first-order chi connectivity index (χ1) is 13.3. The maximum atomic E-state index is 13.9. The third kappa shape index (κ3) is 4.24. The van der Waals surface area contributed by atoms with Crippen LogP contribution in [0.4, 0.5) is 5.69 Å². The van der Waals surface area contributed by atoms with Crippen molar-refractivity contribution in [2.24, 2.45) is 0 Å². The molecule has 0 spiro atoms. The predicted molar refractivity (Wildman–Crippen MR) is 107 cm³/mol. The predicted octanol–water partition coefficient (Wildman–Crippen LogP) is 4.36. The number of anilines is 1. The Morgan fingerprint density at radius 2 is 1.71 bits per heavy atom. The molecule has 2 N–H and O–H groups in total. The lowest BCUT2D eigenvalue weighted by Crippen LogP contribution is -2.34. The van der Waals surface area contributed by atoms with Gasteiger partial charge in [-0.05, 0) is 50.6 Å². The van der Waals surface area contributed by atoms with Gasteiger partial charge in [-0.3, -0.25) is 9.55 Å². The number of nitrogens with zero attached hydrogens (tertiary/aromatic N) is 1. The van der Waals surface area contributed by atoms with Crippen LogP contribution in [-0.2, 0) is 18.9 Å². The van der Waals surface area contributed by atoms with Gasteiger partial charge in [-0.2, -0.15) is 0 Å². The zero-order valence-corrected chi connectivity index (χ0v) is 17.7. The van der Waals surface area contributed by atoms with Gasteiger partial charge in [0.05, 0.1) is 33.1 Å². The quantitative estimate of drug-likeness (QED) is 0.558. The molecule has 1 aromatic carbocycles. The van der Waals surface area contributed by atoms with Gasteiger partial charge in [0.15, 0.2) is 16.8 Å². The van der Waals surface area contributed by atoms with Crippen LogP contribution in [-0.4, -0.2) is 37.5 Å². The number of benzene rings is 1. The molecule has 1 unspecified atom stereocenters. The van der Waals surface area contributed by atoms with Crippen LogP contribution < -0.4 is 14.8 Å². The van der Waals surface area contributed by atoms with Gasteiger partial charge in [-0.15, -0.1) is 0 Å². The van der Waals surface area contributed by atoms with E-state index in [1.54, 1.807) is 57.4 Å². The average molecular weight is 410 g/mol. The van der Waals surface area contributed by atoms with E-state index >= 15 is 0 Å². The Morgan fingerprint density at radius 1 is 1.14 bits per heavy atom. The van der Waals surface area contributed by atoms with E-state index in [2.05, 4.69) is 10.3 Å². The van der Waals surface area contributed by atoms with Crippen molar-refractivity contribution in [2.75, 3.05) is 32.8 Å². The smallest absolute Gasteiger partial charge is 0.360 e. The first-order valence-electron chi connectivity index (χ1n) is 8.88. The molecule has 0 saturated heterocycles. The second-order valence-corrected chi connectivity index (χ2v) is 8.41. The summed E-state index contributed by atoms with van der Waals surface area (Å²) < 4.78 is 35.7. The van der Waals surface area contributed by atoms with Crippen LogP contribution >= 0.6 is 7.60 Å². The summed E-state index contributed by atoms with van der Waals surface area (Å²) in [6.45, 7) is 5.57. The Morgan fingerprint density at radius 3 is 2.14 bits per heavy atom. The van der Waals surface area contributed by atoms with Crippen LogP contribution in [0.15, 0.2) is 36.7 Å². The van der Waals surface area contributed by atoms with Crippen molar-refractivity contribution < 1.29 is 28.2 Å². The Hall–Kier alpha value is -2.28. The molecular formula is C19H27N2O6P. The third-order valence-electron chi connectivity index (χ3n) is 4.24. The molecular weight excluding hydrogens is 383 g/mol. The van der Waals surface area contributed by atoms with Gasteiger partial charge in [-0.25, -0.2) is 0 Å². The largest absolute Gasteiger partial charge is 0.502 e. The Bertz CT molecular complexity index is 797. The number of aromatic nitrogens is 1. The zero-order valence-electron chi connectivity index (χ0n) is 16.8. The Kier molecular flexibility index (Phi) is 7.29. The molecule has 0 aliphatic carbocycles. The summed E-state index contributed by atoms with van der Waals surface area (Å²) in [5, 5.41) is 12.2. The number of rotatable bonds is 10. The van der Waals surface area contributed by atoms with Crippen LogP contribution in [0.3, 0.4) is 0 Å². The van der Waals surface area contributed by atoms with Crippen LogP contribution in [0.2, 0.25) is 0 Å². The topological polar surface area (TPSA) is 99.1 Å². The third-order valence-corrected chi connectivity index (χ3v) is 6.90. The number of phenols is 1. The van der Waals surface area contributed by atoms with E-state index in [-0.39, 0.29) is 30.5 Å². The SMILES string of the molecule is CCOP(=O)(OCC)C(C)(Nc1cccnc1)c1cc(OC)c(O)c(OC)c1. The molecule has 2 rings (SSSR count). The van der Waals surface area contributed by atoms with Gasteiger partial charge < -0.3 is 28.9 Å². The first kappa shape index (κ1) is 22.0. The van der Waals surface area contributed by atoms with Gasteiger partial charge in [0, 0.05) is 12.4 Å². The summed E-state index contributed by atoms with van der Waals surface area (Å²) in [5.74, 6) is 0.196. The molecule has 0 radical (unpaired) electrons. The fourth-order valence-corrected chi connectivity index (χ4v) is 4.81. The highest BCUT2D eigenvalue weighted by atomic mass is 31.2. The Balaban J connectivity index is 2.72. The van der Waals surface area contributed by atoms with Gasteiger partial charge in [-0.1, -0.05) is 0 Å². The molecule has 1 aromatic heterocycles. The minimum atomic E-state index is -3.74. The molecule has 1 heterocycles. The normalized spacial score (nSPS) is 13.6. The van der Waals surface area contributed by atoms with Crippen molar-refractivity contribution in [2.45, 2.75) is 26.1 Å². The first-order valence-corrected chi connectivity index (χ1v) is 10.4. The molecule has 0 amide bonds. The van der Waals surface area contributed by atoms with Crippen LogP contribution in [0.5, 0.6) is 17.2 Å². The second-order valence-electron chi connectivity index (χ2n) is 6.00. The van der Waals surface area contributed by atoms with E-state index in [1.807, 2.05) is 0 Å². The van der Waals surface area contributed by atoms with E-state index < -0.39 is 12.9 Å². The summed E-state index contributed by atoms with van der Waals surface area (Å²) >= 11 is 0. The van der Waals surface area contributed by atoms with Crippen LogP contribution in [0.1, 0.15) is 26.3 Å². The molecule has 1 atom stereocenters. The lowest BCUT2D eigenvalue weighted by atomic mass is 10.1. The van der Waals surface area contributed by atoms with Crippen molar-refractivity contribution in [3.8, 4) is 17.2 Å². The van der Waals surface area contributed by atoms with E-state index in [9.17, 15) is 9.67 Å². The molecule has 0 aliphatic rings. The van der Waals surface area contributed by atoms with Crippen LogP contribution in [0.25, 0.3) is 0 Å². The minimum Gasteiger partial charge on any atom is -0.502 e. The van der Waals surface area contributed by atoms with Gasteiger partial charge in [0.2, 0.25) is 5.75 Å². The monoisotopic (exact) mass is 410 g/mol. The molecule has 9 heteroatoms. The maximum Gasteiger partial charge on any atom is 0.360 e. The van der Waals surface area contributed by atoms with Crippen molar-refractivity contribution in [3.05, 3.63) is 42.2 Å². The average Bonchev–Trinajstić information content (AvgIpc) is 2.69. The number of pyridine rings is 1. The highest BCUT2D eigenvalue weighted by Gasteiger charge is 2.49. The number of nitrogens with one attached hydrogen (secondary N) is 1. The number of methoxy groups -OCH3 is 2. The highest BCUT2D eigenvalue weighted by Crippen LogP contribution is 2.65. The van der Waals surface area contributed by atoms with Gasteiger partial charge >= 0.3 is 7.60 Å². The molecule has 0 aliphatic heterocycles. The molecule has 28 heavy (non-hydrogen) atoms. The summed E-state index contributed by atoms with van der Waals surface area (Å²) in [6.07, 6.45) is 3.25. The van der Waals surface area contributed by atoms with Crippen molar-refractivity contribution in [3.63, 3.8) is 0 Å². The van der Waals surface area contributed by atoms with Crippen molar-refractivity contribution >= 4 is 13.3 Å². The van der Waals surface area contributed by atoms with E-state index in [4.69, 9.17) is 18.5 Å². The van der Waals surface area contributed by atoms with E-state index in [1.165, 1.54) is 14.2 Å². The van der Waals surface area contributed by atoms with E-state index in [0.717, 1.165) is 0 Å². The number of hydrogen-bond acceptors (Lipinski definition) is 8. The molecule has 2 aromatic rings. The number of hydrogen-bond donors (Lipinski definition) is 2. The van der Waals surface area contributed by atoms with Gasteiger partial charge in [0.25, 0.3) is 0 Å². The maximum absolute atomic E-state index is 13.9. The summed E-state index contributed by atoms with van der Waals surface area (Å²) in [7, 11) is -0.885. The number of ether oxygens (including phenoxy) is 2. The summed E-state index contributed by atoms with van der Waals surface area (Å²) in [6, 6.07) is 6.70. The number of phenolic OH excluding ortho intramolecular Hbond substituents is 1. The lowest BCUT2D eigenvalue weighted by molar-refractivity contribution is 0.202. The molecule has 0 saturated carbocycles. The highest BCUT2D eigenvalue weighted by molar-refractivity contribution is 7.55. The second kappa shape index (κ2) is 9.28. The van der Waals surface area contributed by atoms with Crippen LogP contribution in [0, 0.1) is 0 Å². The fourth-order valence-electron chi connectivity index (χ4n) is 2.83. The minimum absolute atomic E-state index is 0.153. The van der Waals surface area contributed by atoms with Crippen molar-refractivity contribution in [1.29, 1.82) is 0 Å². The summed E-state index contributed by atoms with van der Waals surface area (Å²) in [5.41, 5.74) is 1.11. The molecule has 154 valence electrons. The fraction of sp³-hybridized carbons (Fsp3) is 0.421. The van der Waals surface area contributed by atoms with Crippen molar-refractivity contribution in [1.82, 2.24) is 4.98 Å². The summed E-state index contributed by atoms with van der Waals surface area (Å²) in [4.78, 5) is 4.09. The molecule has 0 bridgehead atoms. The lowest BCUT2D eigenvalue weighted by Gasteiger charge is -2.38. The number of aromatic hydroxyl groups is 1. The van der Waals surface area contributed by atoms with Gasteiger partial charge in [0.1, 0.15) is 0 Å².